The van der Waals surface area contributed by atoms with E-state index in [1.807, 2.05) is 14.0 Å². The maximum atomic E-state index is 13.3. The van der Waals surface area contributed by atoms with Gasteiger partial charge in [-0.2, -0.15) is 0 Å². The highest BCUT2D eigenvalue weighted by atomic mass is 32.2. The summed E-state index contributed by atoms with van der Waals surface area (Å²) in [4.78, 5) is 15.1. The van der Waals surface area contributed by atoms with Crippen molar-refractivity contribution in [1.29, 1.82) is 0 Å². The highest BCUT2D eigenvalue weighted by molar-refractivity contribution is 7.92. The van der Waals surface area contributed by atoms with Crippen molar-refractivity contribution in [3.63, 3.8) is 0 Å². The van der Waals surface area contributed by atoms with E-state index >= 15 is 0 Å². The van der Waals surface area contributed by atoms with Gasteiger partial charge in [-0.05, 0) is 44.3 Å². The molecule has 0 aromatic heterocycles. The zero-order valence-corrected chi connectivity index (χ0v) is 18.7. The summed E-state index contributed by atoms with van der Waals surface area (Å²) in [7, 11) is -1.97. The molecule has 3 atom stereocenters. The van der Waals surface area contributed by atoms with E-state index < -0.39 is 10.0 Å². The van der Waals surface area contributed by atoms with Crippen molar-refractivity contribution in [2.45, 2.75) is 30.9 Å². The molecule has 0 aliphatic carbocycles. The first kappa shape index (κ1) is 23.1. The summed E-state index contributed by atoms with van der Waals surface area (Å²) in [6.45, 7) is 4.60. The second-order valence-electron chi connectivity index (χ2n) is 7.81. The first-order valence-electron chi connectivity index (χ1n) is 10.2. The lowest BCUT2D eigenvalue weighted by Crippen LogP contribution is -2.49. The molecule has 0 bridgehead atoms. The van der Waals surface area contributed by atoms with Gasteiger partial charge in [-0.3, -0.25) is 9.52 Å². The number of hydrogen-bond acceptors (Lipinski definition) is 6. The molecular weight excluding hydrogens is 418 g/mol. The number of hydrogen-bond donors (Lipinski definition) is 3. The molecule has 8 nitrogen and oxygen atoms in total. The highest BCUT2D eigenvalue weighted by Gasteiger charge is 2.33. The fourth-order valence-corrected chi connectivity index (χ4v) is 4.62. The monoisotopic (exact) mass is 447 g/mol. The SMILES string of the molecule is CNC[C@@H]1Oc2ccc(NS(=O)(=O)c3ccccc3)cc2C(=O)N([C@@H](C)CO)C[C@H]1C. The second-order valence-corrected chi connectivity index (χ2v) is 9.49. The van der Waals surface area contributed by atoms with Gasteiger partial charge in [0.1, 0.15) is 11.9 Å². The predicted molar refractivity (Wildman–Crippen MR) is 119 cm³/mol. The van der Waals surface area contributed by atoms with E-state index in [0.717, 1.165) is 0 Å². The Bertz CT molecular complexity index is 1010. The molecule has 1 heterocycles. The number of anilines is 1. The van der Waals surface area contributed by atoms with E-state index in [1.54, 1.807) is 42.2 Å². The number of rotatable bonds is 7. The number of aliphatic hydroxyl groups excluding tert-OH is 1. The molecule has 0 saturated heterocycles. The minimum Gasteiger partial charge on any atom is -0.488 e. The lowest BCUT2D eigenvalue weighted by molar-refractivity contribution is 0.0416. The van der Waals surface area contributed by atoms with Gasteiger partial charge in [-0.1, -0.05) is 25.1 Å². The molecule has 0 fully saturated rings. The fraction of sp³-hybridized carbons (Fsp3) is 0.409. The van der Waals surface area contributed by atoms with Crippen LogP contribution in [0.2, 0.25) is 0 Å². The zero-order chi connectivity index (χ0) is 22.6. The van der Waals surface area contributed by atoms with Crippen molar-refractivity contribution in [2.75, 3.05) is 31.5 Å². The molecule has 31 heavy (non-hydrogen) atoms. The molecule has 1 aliphatic heterocycles. The maximum absolute atomic E-state index is 13.3. The average Bonchev–Trinajstić information content (AvgIpc) is 2.76. The van der Waals surface area contributed by atoms with Crippen LogP contribution in [0, 0.1) is 5.92 Å². The van der Waals surface area contributed by atoms with Crippen molar-refractivity contribution < 1.29 is 23.1 Å². The molecule has 3 rings (SSSR count). The third kappa shape index (κ3) is 5.17. The van der Waals surface area contributed by atoms with Crippen LogP contribution in [0.1, 0.15) is 24.2 Å². The largest absolute Gasteiger partial charge is 0.488 e. The average molecular weight is 448 g/mol. The van der Waals surface area contributed by atoms with E-state index in [-0.39, 0.29) is 46.7 Å². The molecule has 0 spiro atoms. The Hall–Kier alpha value is -2.62. The summed E-state index contributed by atoms with van der Waals surface area (Å²) in [5.41, 5.74) is 0.511. The van der Waals surface area contributed by atoms with E-state index in [9.17, 15) is 18.3 Å². The lowest BCUT2D eigenvalue weighted by Gasteiger charge is -2.37. The Kier molecular flexibility index (Phi) is 7.19. The van der Waals surface area contributed by atoms with Crippen LogP contribution in [0.5, 0.6) is 5.75 Å². The Morgan fingerprint density at radius 3 is 2.58 bits per heavy atom. The highest BCUT2D eigenvalue weighted by Crippen LogP contribution is 2.31. The van der Waals surface area contributed by atoms with Crippen molar-refractivity contribution in [3.8, 4) is 5.75 Å². The number of carbonyl (C=O) groups excluding carboxylic acids is 1. The van der Waals surface area contributed by atoms with Crippen LogP contribution in [0.3, 0.4) is 0 Å². The standard InChI is InChI=1S/C22H29N3O5S/c1-15-13-25(16(2)14-26)22(27)19-11-17(9-10-20(19)30-21(15)12-23-3)24-31(28,29)18-7-5-4-6-8-18/h4-11,15-16,21,23-24,26H,12-14H2,1-3H3/t15-,16+,21+/m1/s1. The van der Waals surface area contributed by atoms with Crippen LogP contribution < -0.4 is 14.8 Å². The van der Waals surface area contributed by atoms with E-state index in [1.165, 1.54) is 18.2 Å². The van der Waals surface area contributed by atoms with Gasteiger partial charge in [0.05, 0.1) is 23.1 Å². The van der Waals surface area contributed by atoms with Gasteiger partial charge >= 0.3 is 0 Å². The summed E-state index contributed by atoms with van der Waals surface area (Å²) in [6.07, 6.45) is -0.197. The minimum atomic E-state index is -3.80. The number of likely N-dealkylation sites (N-methyl/N-ethyl adjacent to an activating group) is 1. The molecule has 1 aliphatic rings. The van der Waals surface area contributed by atoms with Gasteiger partial charge in [0.25, 0.3) is 15.9 Å². The first-order chi connectivity index (χ1) is 14.8. The molecule has 2 aromatic rings. The Morgan fingerprint density at radius 2 is 1.94 bits per heavy atom. The van der Waals surface area contributed by atoms with E-state index in [0.29, 0.717) is 18.8 Å². The smallest absolute Gasteiger partial charge is 0.261 e. The molecule has 1 amide bonds. The summed E-state index contributed by atoms with van der Waals surface area (Å²) in [6, 6.07) is 12.3. The van der Waals surface area contributed by atoms with Crippen LogP contribution in [-0.4, -0.2) is 63.2 Å². The molecule has 0 unspecified atom stereocenters. The third-order valence-electron chi connectivity index (χ3n) is 5.38. The number of ether oxygens (including phenoxy) is 1. The zero-order valence-electron chi connectivity index (χ0n) is 17.9. The van der Waals surface area contributed by atoms with Crippen LogP contribution in [0.25, 0.3) is 0 Å². The second kappa shape index (κ2) is 9.67. The molecular formula is C22H29N3O5S. The van der Waals surface area contributed by atoms with E-state index in [2.05, 4.69) is 10.0 Å². The lowest BCUT2D eigenvalue weighted by atomic mass is 9.99. The number of aliphatic hydroxyl groups is 1. The number of nitrogens with one attached hydrogen (secondary N) is 2. The van der Waals surface area contributed by atoms with E-state index in [4.69, 9.17) is 4.74 Å². The molecule has 0 radical (unpaired) electrons. The number of nitrogens with zero attached hydrogens (tertiary/aromatic N) is 1. The van der Waals surface area contributed by atoms with Crippen LogP contribution in [0.15, 0.2) is 53.4 Å². The van der Waals surface area contributed by atoms with Crippen molar-refractivity contribution >= 4 is 21.6 Å². The van der Waals surface area contributed by atoms with Crippen molar-refractivity contribution in [2.24, 2.45) is 5.92 Å². The number of carbonyl (C=O) groups is 1. The predicted octanol–water partition coefficient (Wildman–Crippen LogP) is 1.93. The summed E-state index contributed by atoms with van der Waals surface area (Å²) in [5.74, 6) is 0.0940. The van der Waals surface area contributed by atoms with Gasteiger partial charge in [0, 0.05) is 24.7 Å². The topological polar surface area (TPSA) is 108 Å². The van der Waals surface area contributed by atoms with Crippen LogP contribution in [-0.2, 0) is 10.0 Å². The quantitative estimate of drug-likeness (QED) is 0.599. The summed E-state index contributed by atoms with van der Waals surface area (Å²) in [5, 5.41) is 12.8. The van der Waals surface area contributed by atoms with Gasteiger partial charge < -0.3 is 20.1 Å². The fourth-order valence-electron chi connectivity index (χ4n) is 3.54. The van der Waals surface area contributed by atoms with Gasteiger partial charge in [-0.25, -0.2) is 8.42 Å². The van der Waals surface area contributed by atoms with Crippen LogP contribution in [0.4, 0.5) is 5.69 Å². The molecule has 3 N–H and O–H groups in total. The number of sulfonamides is 1. The van der Waals surface area contributed by atoms with Gasteiger partial charge in [0.2, 0.25) is 0 Å². The van der Waals surface area contributed by atoms with Crippen LogP contribution >= 0.6 is 0 Å². The van der Waals surface area contributed by atoms with Gasteiger partial charge in [0.15, 0.2) is 0 Å². The molecule has 168 valence electrons. The van der Waals surface area contributed by atoms with Gasteiger partial charge in [-0.15, -0.1) is 0 Å². The molecule has 0 saturated carbocycles. The Balaban J connectivity index is 2.00. The minimum absolute atomic E-state index is 0.0230. The third-order valence-corrected chi connectivity index (χ3v) is 6.77. The Morgan fingerprint density at radius 1 is 1.23 bits per heavy atom. The Labute approximate surface area is 183 Å². The maximum Gasteiger partial charge on any atom is 0.261 e. The number of fused-ring (bicyclic) bond motifs is 1. The summed E-state index contributed by atoms with van der Waals surface area (Å²) >= 11 is 0. The van der Waals surface area contributed by atoms with Crippen molar-refractivity contribution in [3.05, 3.63) is 54.1 Å². The number of amides is 1. The number of benzene rings is 2. The van der Waals surface area contributed by atoms with Crippen molar-refractivity contribution in [1.82, 2.24) is 10.2 Å². The summed E-state index contributed by atoms with van der Waals surface area (Å²) < 4.78 is 34.1. The normalized spacial score (nSPS) is 20.3. The molecule has 9 heteroatoms. The molecule has 2 aromatic carbocycles. The first-order valence-corrected chi connectivity index (χ1v) is 11.7.